The fraction of sp³-hybridized carbons (Fsp3) is 0.105. The van der Waals surface area contributed by atoms with E-state index < -0.39 is 0 Å². The minimum Gasteiger partial charge on any atom is -0.305 e. The van der Waals surface area contributed by atoms with Gasteiger partial charge in [-0.1, -0.05) is 0 Å². The number of hydrogen-bond acceptors (Lipinski definition) is 5. The van der Waals surface area contributed by atoms with Crippen LogP contribution in [0, 0.1) is 0 Å². The highest BCUT2D eigenvalue weighted by atomic mass is 16.1. The van der Waals surface area contributed by atoms with E-state index in [9.17, 15) is 4.79 Å². The Balaban J connectivity index is 1.40. The van der Waals surface area contributed by atoms with E-state index >= 15 is 0 Å². The minimum atomic E-state index is -0.245. The number of carbonyl (C=O) groups is 1. The van der Waals surface area contributed by atoms with Gasteiger partial charge in [-0.3, -0.25) is 14.5 Å². The van der Waals surface area contributed by atoms with Crippen LogP contribution in [0.1, 0.15) is 15.9 Å². The molecule has 0 saturated heterocycles. The molecule has 0 radical (unpaired) electrons. The number of rotatable bonds is 6. The number of nitrogens with zero attached hydrogens (tertiary/aromatic N) is 6. The van der Waals surface area contributed by atoms with Crippen LogP contribution >= 0.6 is 0 Å². The molecule has 0 aromatic carbocycles. The molecule has 0 bridgehead atoms. The van der Waals surface area contributed by atoms with Crippen molar-refractivity contribution in [1.82, 2.24) is 29.5 Å². The van der Waals surface area contributed by atoms with Gasteiger partial charge in [-0.2, -0.15) is 10.2 Å². The summed E-state index contributed by atoms with van der Waals surface area (Å²) in [5, 5.41) is 11.3. The van der Waals surface area contributed by atoms with Gasteiger partial charge in [0.25, 0.3) is 5.91 Å². The topological polar surface area (TPSA) is 90.5 Å². The summed E-state index contributed by atoms with van der Waals surface area (Å²) in [6.45, 7) is 0.721. The number of pyridine rings is 2. The molecule has 0 aliphatic carbocycles. The summed E-state index contributed by atoms with van der Waals surface area (Å²) in [6, 6.07) is 10.9. The summed E-state index contributed by atoms with van der Waals surface area (Å²) in [5.41, 5.74) is 1.68. The van der Waals surface area contributed by atoms with Crippen LogP contribution in [-0.2, 0) is 13.0 Å². The maximum absolute atomic E-state index is 12.5. The summed E-state index contributed by atoms with van der Waals surface area (Å²) in [6.07, 6.45) is 11.3. The first-order valence-corrected chi connectivity index (χ1v) is 8.48. The van der Waals surface area contributed by atoms with Crippen LogP contribution in [0.4, 0.5) is 5.82 Å². The standard InChI is InChI=1S/C19H17N7O/c27-19(16-4-10-21-18(14-16)26-11-1-7-22-26)23-17-6-13-25(24-17)12-5-15-2-8-20-9-3-15/h1-4,6-11,13-14H,5,12H2,(H,23,24,27). The van der Waals surface area contributed by atoms with E-state index in [1.807, 2.05) is 18.3 Å². The summed E-state index contributed by atoms with van der Waals surface area (Å²) in [4.78, 5) is 20.7. The highest BCUT2D eigenvalue weighted by Crippen LogP contribution is 2.10. The molecule has 134 valence electrons. The summed E-state index contributed by atoms with van der Waals surface area (Å²) >= 11 is 0. The number of aryl methyl sites for hydroxylation is 2. The SMILES string of the molecule is O=C(Nc1ccn(CCc2ccncc2)n1)c1ccnc(-n2cccn2)c1. The summed E-state index contributed by atoms with van der Waals surface area (Å²) in [7, 11) is 0. The first-order chi connectivity index (χ1) is 13.3. The lowest BCUT2D eigenvalue weighted by Crippen LogP contribution is -2.14. The molecule has 27 heavy (non-hydrogen) atoms. The molecule has 4 rings (SSSR count). The van der Waals surface area contributed by atoms with Gasteiger partial charge in [0.15, 0.2) is 11.6 Å². The molecule has 4 heterocycles. The monoisotopic (exact) mass is 359 g/mol. The van der Waals surface area contributed by atoms with Crippen LogP contribution in [0.2, 0.25) is 0 Å². The molecule has 4 aromatic rings. The second-order valence-corrected chi connectivity index (χ2v) is 5.88. The molecule has 1 N–H and O–H groups in total. The molecular weight excluding hydrogens is 342 g/mol. The Morgan fingerprint density at radius 1 is 1.04 bits per heavy atom. The number of carbonyl (C=O) groups excluding carboxylic acids is 1. The van der Waals surface area contributed by atoms with Crippen molar-refractivity contribution < 1.29 is 4.79 Å². The van der Waals surface area contributed by atoms with Crippen molar-refractivity contribution in [1.29, 1.82) is 0 Å². The molecule has 0 fully saturated rings. The Morgan fingerprint density at radius 3 is 2.74 bits per heavy atom. The molecule has 0 atom stereocenters. The number of amides is 1. The molecule has 0 saturated carbocycles. The zero-order valence-corrected chi connectivity index (χ0v) is 14.4. The van der Waals surface area contributed by atoms with Crippen LogP contribution < -0.4 is 5.32 Å². The van der Waals surface area contributed by atoms with Crippen LogP contribution in [0.25, 0.3) is 5.82 Å². The Bertz CT molecular complexity index is 1030. The van der Waals surface area contributed by atoms with Gasteiger partial charge in [0, 0.05) is 55.4 Å². The first kappa shape index (κ1) is 16.6. The second-order valence-electron chi connectivity index (χ2n) is 5.88. The first-order valence-electron chi connectivity index (χ1n) is 8.48. The van der Waals surface area contributed by atoms with Gasteiger partial charge in [0.2, 0.25) is 0 Å². The van der Waals surface area contributed by atoms with Crippen molar-refractivity contribution in [2.24, 2.45) is 0 Å². The van der Waals surface area contributed by atoms with Crippen molar-refractivity contribution in [2.75, 3.05) is 5.32 Å². The number of aromatic nitrogens is 6. The molecule has 4 aromatic heterocycles. The Hall–Kier alpha value is -3.81. The number of nitrogens with one attached hydrogen (secondary N) is 1. The lowest BCUT2D eigenvalue weighted by molar-refractivity contribution is 0.102. The highest BCUT2D eigenvalue weighted by molar-refractivity contribution is 6.03. The molecule has 8 heteroatoms. The molecule has 0 spiro atoms. The van der Waals surface area contributed by atoms with E-state index in [0.29, 0.717) is 17.2 Å². The molecule has 8 nitrogen and oxygen atoms in total. The van der Waals surface area contributed by atoms with E-state index in [-0.39, 0.29) is 5.91 Å². The van der Waals surface area contributed by atoms with Crippen LogP contribution in [0.15, 0.2) is 73.6 Å². The van der Waals surface area contributed by atoms with Gasteiger partial charge in [0.1, 0.15) is 0 Å². The molecule has 0 aliphatic rings. The predicted molar refractivity (Wildman–Crippen MR) is 99.5 cm³/mol. The fourth-order valence-corrected chi connectivity index (χ4v) is 2.62. The van der Waals surface area contributed by atoms with E-state index in [1.54, 1.807) is 64.6 Å². The van der Waals surface area contributed by atoms with Gasteiger partial charge in [-0.05, 0) is 42.3 Å². The van der Waals surface area contributed by atoms with Gasteiger partial charge >= 0.3 is 0 Å². The zero-order valence-electron chi connectivity index (χ0n) is 14.4. The number of hydrogen-bond donors (Lipinski definition) is 1. The minimum absolute atomic E-state index is 0.245. The third-order valence-corrected chi connectivity index (χ3v) is 4.01. The van der Waals surface area contributed by atoms with E-state index in [2.05, 4.69) is 25.5 Å². The third-order valence-electron chi connectivity index (χ3n) is 4.01. The molecule has 0 aliphatic heterocycles. The van der Waals surface area contributed by atoms with Crippen molar-refractivity contribution >= 4 is 11.7 Å². The smallest absolute Gasteiger partial charge is 0.257 e. The lowest BCUT2D eigenvalue weighted by atomic mass is 10.2. The Morgan fingerprint density at radius 2 is 1.93 bits per heavy atom. The Kier molecular flexibility index (Phi) is 4.69. The van der Waals surface area contributed by atoms with Crippen LogP contribution in [0.5, 0.6) is 0 Å². The Labute approximate surface area is 155 Å². The normalized spacial score (nSPS) is 10.7. The van der Waals surface area contributed by atoms with Crippen molar-refractivity contribution in [2.45, 2.75) is 13.0 Å². The van der Waals surface area contributed by atoms with Gasteiger partial charge in [0.05, 0.1) is 0 Å². The van der Waals surface area contributed by atoms with Crippen LogP contribution in [-0.4, -0.2) is 35.4 Å². The predicted octanol–water partition coefficient (Wildman–Crippen LogP) is 2.35. The van der Waals surface area contributed by atoms with Crippen molar-refractivity contribution in [3.63, 3.8) is 0 Å². The van der Waals surface area contributed by atoms with Gasteiger partial charge in [-0.25, -0.2) is 9.67 Å². The third kappa shape index (κ3) is 4.06. The molecule has 1 amide bonds. The largest absolute Gasteiger partial charge is 0.305 e. The van der Waals surface area contributed by atoms with E-state index in [0.717, 1.165) is 13.0 Å². The summed E-state index contributed by atoms with van der Waals surface area (Å²) in [5.74, 6) is 0.841. The van der Waals surface area contributed by atoms with E-state index in [1.165, 1.54) is 5.56 Å². The maximum atomic E-state index is 12.5. The molecular formula is C19H17N7O. The highest BCUT2D eigenvalue weighted by Gasteiger charge is 2.10. The van der Waals surface area contributed by atoms with Crippen LogP contribution in [0.3, 0.4) is 0 Å². The second kappa shape index (κ2) is 7.61. The van der Waals surface area contributed by atoms with Gasteiger partial charge in [-0.15, -0.1) is 0 Å². The fourth-order valence-electron chi connectivity index (χ4n) is 2.62. The number of anilines is 1. The molecule has 0 unspecified atom stereocenters. The zero-order chi connectivity index (χ0) is 18.5. The summed E-state index contributed by atoms with van der Waals surface area (Å²) < 4.78 is 3.41. The van der Waals surface area contributed by atoms with Crippen molar-refractivity contribution in [3.8, 4) is 5.82 Å². The average Bonchev–Trinajstić information content (AvgIpc) is 3.40. The average molecular weight is 359 g/mol. The van der Waals surface area contributed by atoms with Gasteiger partial charge < -0.3 is 5.32 Å². The maximum Gasteiger partial charge on any atom is 0.257 e. The van der Waals surface area contributed by atoms with E-state index in [4.69, 9.17) is 0 Å². The van der Waals surface area contributed by atoms with Crippen molar-refractivity contribution in [3.05, 3.63) is 84.7 Å². The lowest BCUT2D eigenvalue weighted by Gasteiger charge is -2.05. The quantitative estimate of drug-likeness (QED) is 0.571.